The first kappa shape index (κ1) is 18.0. The topological polar surface area (TPSA) is 32.3 Å². The third-order valence-electron chi connectivity index (χ3n) is 4.65. The molecule has 1 unspecified atom stereocenters. The third kappa shape index (κ3) is 2.98. The molecule has 3 aromatic carbocycles. The number of halogens is 4. The maximum absolute atomic E-state index is 14.2. The van der Waals surface area contributed by atoms with Crippen molar-refractivity contribution in [3.05, 3.63) is 101 Å². The highest BCUT2D eigenvalue weighted by Gasteiger charge is 2.37. The standard InChI is InChI=1S/C21H14F4N2O/c22-15-10-16(23)18(25)19(17(15)24)26-20-13-8-4-5-9-14(13)21(28)27(20)11-12-6-2-1-3-7-12/h1-10,20,26H,11H2. The normalized spacial score (nSPS) is 15.6. The van der Waals surface area contributed by atoms with Crippen LogP contribution in [0.5, 0.6) is 0 Å². The predicted molar refractivity (Wildman–Crippen MR) is 95.4 cm³/mol. The maximum atomic E-state index is 14.2. The predicted octanol–water partition coefficient (Wildman–Crippen LogP) is 5.01. The van der Waals surface area contributed by atoms with Crippen LogP contribution in [0, 0.1) is 23.3 Å². The number of hydrogen-bond donors (Lipinski definition) is 1. The van der Waals surface area contributed by atoms with Gasteiger partial charge < -0.3 is 10.2 Å². The number of nitrogens with one attached hydrogen (secondary N) is 1. The van der Waals surface area contributed by atoms with Crippen molar-refractivity contribution in [2.45, 2.75) is 12.7 Å². The van der Waals surface area contributed by atoms with Gasteiger partial charge in [-0.15, -0.1) is 0 Å². The number of carbonyl (C=O) groups excluding carboxylic acids is 1. The minimum atomic E-state index is -1.55. The second kappa shape index (κ2) is 6.99. The maximum Gasteiger partial charge on any atom is 0.256 e. The summed E-state index contributed by atoms with van der Waals surface area (Å²) in [7, 11) is 0. The van der Waals surface area contributed by atoms with Crippen molar-refractivity contribution >= 4 is 11.6 Å². The summed E-state index contributed by atoms with van der Waals surface area (Å²) in [5.74, 6) is -6.48. The molecule has 0 saturated heterocycles. The molecule has 1 atom stereocenters. The first-order valence-corrected chi connectivity index (χ1v) is 8.50. The van der Waals surface area contributed by atoms with Crippen LogP contribution in [0.4, 0.5) is 23.2 Å². The number of benzene rings is 3. The zero-order valence-corrected chi connectivity index (χ0v) is 14.4. The molecule has 1 N–H and O–H groups in total. The molecular formula is C21H14F4N2O. The van der Waals surface area contributed by atoms with E-state index in [0.717, 1.165) is 5.56 Å². The summed E-state index contributed by atoms with van der Waals surface area (Å²) in [5.41, 5.74) is 0.660. The quantitative estimate of drug-likeness (QED) is 0.505. The number of nitrogens with zero attached hydrogens (tertiary/aromatic N) is 1. The number of fused-ring (bicyclic) bond motifs is 1. The lowest BCUT2D eigenvalue weighted by atomic mass is 10.1. The third-order valence-corrected chi connectivity index (χ3v) is 4.65. The summed E-state index contributed by atoms with van der Waals surface area (Å²) < 4.78 is 55.6. The van der Waals surface area contributed by atoms with Crippen molar-refractivity contribution in [3.8, 4) is 0 Å². The van der Waals surface area contributed by atoms with Crippen LogP contribution in [0.2, 0.25) is 0 Å². The molecule has 3 aromatic rings. The Morgan fingerprint density at radius 2 is 1.46 bits per heavy atom. The number of hydrogen-bond acceptors (Lipinski definition) is 2. The first-order valence-electron chi connectivity index (χ1n) is 8.50. The van der Waals surface area contributed by atoms with Gasteiger partial charge in [0.05, 0.1) is 0 Å². The molecule has 0 bridgehead atoms. The minimum absolute atomic E-state index is 0.144. The zero-order valence-electron chi connectivity index (χ0n) is 14.4. The van der Waals surface area contributed by atoms with E-state index >= 15 is 0 Å². The summed E-state index contributed by atoms with van der Waals surface area (Å²) in [6, 6.07) is 15.7. The van der Waals surface area contributed by atoms with Crippen LogP contribution in [-0.2, 0) is 6.54 Å². The molecule has 0 aliphatic carbocycles. The highest BCUT2D eigenvalue weighted by atomic mass is 19.2. The van der Waals surface area contributed by atoms with Gasteiger partial charge in [-0.05, 0) is 11.6 Å². The molecule has 1 aliphatic heterocycles. The Bertz CT molecular complexity index is 1030. The van der Waals surface area contributed by atoms with Crippen LogP contribution in [0.15, 0.2) is 60.7 Å². The lowest BCUT2D eigenvalue weighted by Crippen LogP contribution is -2.32. The highest BCUT2D eigenvalue weighted by Crippen LogP contribution is 2.37. The van der Waals surface area contributed by atoms with Crippen LogP contribution in [-0.4, -0.2) is 10.8 Å². The average molecular weight is 386 g/mol. The van der Waals surface area contributed by atoms with Crippen LogP contribution < -0.4 is 5.32 Å². The van der Waals surface area contributed by atoms with Crippen LogP contribution in [0.25, 0.3) is 0 Å². The molecule has 1 amide bonds. The van der Waals surface area contributed by atoms with Gasteiger partial charge in [-0.1, -0.05) is 48.5 Å². The summed E-state index contributed by atoms with van der Waals surface area (Å²) in [5, 5.41) is 2.49. The highest BCUT2D eigenvalue weighted by molar-refractivity contribution is 5.99. The van der Waals surface area contributed by atoms with E-state index in [2.05, 4.69) is 5.32 Å². The molecule has 0 saturated carbocycles. The average Bonchev–Trinajstić information content (AvgIpc) is 2.96. The molecule has 0 aromatic heterocycles. The Kier molecular flexibility index (Phi) is 4.50. The van der Waals surface area contributed by atoms with Gasteiger partial charge in [0.2, 0.25) is 0 Å². The summed E-state index contributed by atoms with van der Waals surface area (Å²) in [6.45, 7) is 0.146. The van der Waals surface area contributed by atoms with E-state index in [9.17, 15) is 22.4 Å². The van der Waals surface area contributed by atoms with Crippen LogP contribution >= 0.6 is 0 Å². The van der Waals surface area contributed by atoms with E-state index in [1.54, 1.807) is 48.5 Å². The van der Waals surface area contributed by atoms with Crippen LogP contribution in [0.3, 0.4) is 0 Å². The van der Waals surface area contributed by atoms with Gasteiger partial charge in [0.25, 0.3) is 5.91 Å². The lowest BCUT2D eigenvalue weighted by Gasteiger charge is -2.27. The zero-order chi connectivity index (χ0) is 19.8. The van der Waals surface area contributed by atoms with Crippen molar-refractivity contribution in [3.63, 3.8) is 0 Å². The van der Waals surface area contributed by atoms with Crippen molar-refractivity contribution in [2.75, 3.05) is 5.32 Å². The molecule has 0 radical (unpaired) electrons. The van der Waals surface area contributed by atoms with E-state index in [1.807, 2.05) is 6.07 Å². The molecule has 28 heavy (non-hydrogen) atoms. The Hall–Kier alpha value is -3.35. The lowest BCUT2D eigenvalue weighted by molar-refractivity contribution is 0.0728. The Morgan fingerprint density at radius 1 is 0.857 bits per heavy atom. The fourth-order valence-corrected chi connectivity index (χ4v) is 3.31. The second-order valence-corrected chi connectivity index (χ2v) is 6.40. The molecule has 1 aliphatic rings. The van der Waals surface area contributed by atoms with Crippen molar-refractivity contribution in [1.29, 1.82) is 0 Å². The summed E-state index contributed by atoms with van der Waals surface area (Å²) in [4.78, 5) is 14.2. The molecular weight excluding hydrogens is 372 g/mol. The van der Waals surface area contributed by atoms with Gasteiger partial charge in [-0.2, -0.15) is 0 Å². The first-order chi connectivity index (χ1) is 13.5. The second-order valence-electron chi connectivity index (χ2n) is 6.40. The number of carbonyl (C=O) groups is 1. The van der Waals surface area contributed by atoms with Gasteiger partial charge in [0.15, 0.2) is 23.3 Å². The SMILES string of the molecule is O=C1c2ccccc2C(Nc2c(F)c(F)cc(F)c2F)N1Cc1ccccc1. The molecule has 1 heterocycles. The number of rotatable bonds is 4. The monoisotopic (exact) mass is 386 g/mol. The Labute approximate surface area is 158 Å². The van der Waals surface area contributed by atoms with E-state index in [0.29, 0.717) is 11.1 Å². The molecule has 142 valence electrons. The van der Waals surface area contributed by atoms with Gasteiger partial charge in [0.1, 0.15) is 11.9 Å². The number of amides is 1. The summed E-state index contributed by atoms with van der Waals surface area (Å²) in [6.07, 6.45) is -0.992. The van der Waals surface area contributed by atoms with E-state index < -0.39 is 35.1 Å². The van der Waals surface area contributed by atoms with E-state index in [4.69, 9.17) is 0 Å². The van der Waals surface area contributed by atoms with E-state index in [1.165, 1.54) is 4.90 Å². The molecule has 0 spiro atoms. The Morgan fingerprint density at radius 3 is 2.14 bits per heavy atom. The van der Waals surface area contributed by atoms with Gasteiger partial charge >= 0.3 is 0 Å². The molecule has 3 nitrogen and oxygen atoms in total. The molecule has 7 heteroatoms. The molecule has 0 fully saturated rings. The fourth-order valence-electron chi connectivity index (χ4n) is 3.31. The Balaban J connectivity index is 1.77. The number of anilines is 1. The van der Waals surface area contributed by atoms with Gasteiger partial charge in [0, 0.05) is 23.7 Å². The summed E-state index contributed by atoms with van der Waals surface area (Å²) >= 11 is 0. The van der Waals surface area contributed by atoms with Crippen molar-refractivity contribution < 1.29 is 22.4 Å². The molecule has 4 rings (SSSR count). The fraction of sp³-hybridized carbons (Fsp3) is 0.0952. The largest absolute Gasteiger partial charge is 0.356 e. The van der Waals surface area contributed by atoms with Crippen molar-refractivity contribution in [1.82, 2.24) is 4.90 Å². The van der Waals surface area contributed by atoms with Gasteiger partial charge in [-0.3, -0.25) is 4.79 Å². The smallest absolute Gasteiger partial charge is 0.256 e. The van der Waals surface area contributed by atoms with Gasteiger partial charge in [-0.25, -0.2) is 17.6 Å². The van der Waals surface area contributed by atoms with Crippen molar-refractivity contribution in [2.24, 2.45) is 0 Å². The van der Waals surface area contributed by atoms with E-state index in [-0.39, 0.29) is 18.5 Å². The van der Waals surface area contributed by atoms with Crippen LogP contribution in [0.1, 0.15) is 27.7 Å². The minimum Gasteiger partial charge on any atom is -0.356 e.